The Balaban J connectivity index is 1.70. The molecule has 1 aliphatic rings. The minimum Gasteiger partial charge on any atom is -0.362 e. The van der Waals surface area contributed by atoms with Crippen LogP contribution in [0.25, 0.3) is 10.4 Å². The van der Waals surface area contributed by atoms with Gasteiger partial charge in [-0.2, -0.15) is 5.26 Å². The number of aromatic nitrogens is 2. The molecule has 1 aromatic carbocycles. The van der Waals surface area contributed by atoms with Gasteiger partial charge in [0.15, 0.2) is 0 Å². The lowest BCUT2D eigenvalue weighted by Crippen LogP contribution is -2.36. The number of hydrogen-bond acceptors (Lipinski definition) is 5. The Bertz CT molecular complexity index is 1070. The van der Waals surface area contributed by atoms with Gasteiger partial charge in [0.2, 0.25) is 0 Å². The lowest BCUT2D eigenvalue weighted by Gasteiger charge is -2.26. The number of rotatable bonds is 2. The Hall–Kier alpha value is -2.75. The molecule has 0 amide bonds. The van der Waals surface area contributed by atoms with Gasteiger partial charge in [-0.05, 0) is 30.7 Å². The molecule has 5 nitrogen and oxygen atoms in total. The fourth-order valence-electron chi connectivity index (χ4n) is 3.04. The van der Waals surface area contributed by atoms with Crippen LogP contribution in [-0.2, 0) is 6.42 Å². The molecule has 0 fully saturated rings. The summed E-state index contributed by atoms with van der Waals surface area (Å²) in [5, 5.41) is 21.2. The Morgan fingerprint density at radius 3 is 3.04 bits per heavy atom. The molecule has 3 aromatic rings. The van der Waals surface area contributed by atoms with Gasteiger partial charge in [0.1, 0.15) is 11.7 Å². The quantitative estimate of drug-likeness (QED) is 0.696. The molecule has 0 bridgehead atoms. The van der Waals surface area contributed by atoms with Crippen LogP contribution in [0.5, 0.6) is 0 Å². The summed E-state index contributed by atoms with van der Waals surface area (Å²) in [7, 11) is 0. The second-order valence-electron chi connectivity index (χ2n) is 6.07. The van der Waals surface area contributed by atoms with Crippen LogP contribution in [0.4, 0.5) is 0 Å². The number of nitriles is 1. The van der Waals surface area contributed by atoms with Crippen LogP contribution in [0.15, 0.2) is 36.5 Å². The first-order valence-electron chi connectivity index (χ1n) is 8.03. The summed E-state index contributed by atoms with van der Waals surface area (Å²) >= 11 is 8.09. The highest BCUT2D eigenvalue weighted by Gasteiger charge is 2.28. The summed E-state index contributed by atoms with van der Waals surface area (Å²) in [6, 6.07) is 11.4. The number of benzene rings is 1. The highest BCUT2D eigenvalue weighted by Crippen LogP contribution is 2.40. The smallest absolute Gasteiger partial charge is 0.129 e. The van der Waals surface area contributed by atoms with Gasteiger partial charge in [0, 0.05) is 22.4 Å². The van der Waals surface area contributed by atoms with E-state index in [2.05, 4.69) is 21.4 Å². The van der Waals surface area contributed by atoms with Crippen molar-refractivity contribution in [2.45, 2.75) is 19.4 Å². The average Bonchev–Trinajstić information content (AvgIpc) is 3.03. The van der Waals surface area contributed by atoms with E-state index in [1.807, 2.05) is 31.2 Å². The van der Waals surface area contributed by atoms with E-state index in [1.54, 1.807) is 23.6 Å². The highest BCUT2D eigenvalue weighted by molar-refractivity contribution is 7.16. The van der Waals surface area contributed by atoms with Crippen molar-refractivity contribution in [3.63, 3.8) is 0 Å². The summed E-state index contributed by atoms with van der Waals surface area (Å²) < 4.78 is 0. The molecule has 0 spiro atoms. The molecule has 0 saturated carbocycles. The molecular formula is C19H14ClN5S. The first-order chi connectivity index (χ1) is 12.5. The normalized spacial score (nSPS) is 15.9. The monoisotopic (exact) mass is 379 g/mol. The van der Waals surface area contributed by atoms with Crippen LogP contribution in [0.3, 0.4) is 0 Å². The summed E-state index contributed by atoms with van der Waals surface area (Å²) in [4.78, 5) is 10.6. The molecule has 7 heteroatoms. The number of thiophene rings is 1. The van der Waals surface area contributed by atoms with E-state index in [-0.39, 0.29) is 6.04 Å². The van der Waals surface area contributed by atoms with Gasteiger partial charge in [-0.1, -0.05) is 23.7 Å². The first kappa shape index (κ1) is 16.7. The summed E-state index contributed by atoms with van der Waals surface area (Å²) in [5.41, 5.74) is 3.18. The zero-order valence-electron chi connectivity index (χ0n) is 13.9. The molecular weight excluding hydrogens is 366 g/mol. The van der Waals surface area contributed by atoms with E-state index < -0.39 is 0 Å². The number of fused-ring (bicyclic) bond motifs is 1. The highest BCUT2D eigenvalue weighted by atomic mass is 35.5. The minimum absolute atomic E-state index is 0.102. The fraction of sp³-hybridized carbons (Fsp3) is 0.158. The third kappa shape index (κ3) is 2.96. The van der Waals surface area contributed by atoms with E-state index in [1.165, 1.54) is 0 Å². The van der Waals surface area contributed by atoms with Crippen molar-refractivity contribution in [1.29, 1.82) is 10.7 Å². The second-order valence-corrected chi connectivity index (χ2v) is 7.56. The zero-order chi connectivity index (χ0) is 18.3. The zero-order valence-corrected chi connectivity index (χ0v) is 15.4. The van der Waals surface area contributed by atoms with Gasteiger partial charge in [0.05, 0.1) is 34.0 Å². The third-order valence-corrected chi connectivity index (χ3v) is 6.00. The maximum absolute atomic E-state index is 9.10. The van der Waals surface area contributed by atoms with Crippen molar-refractivity contribution in [3.05, 3.63) is 69.1 Å². The van der Waals surface area contributed by atoms with Crippen LogP contribution < -0.4 is 5.32 Å². The molecule has 4 rings (SSSR count). The van der Waals surface area contributed by atoms with Crippen LogP contribution in [0, 0.1) is 23.7 Å². The van der Waals surface area contributed by atoms with Crippen LogP contribution in [0.2, 0.25) is 5.02 Å². The Morgan fingerprint density at radius 1 is 1.38 bits per heavy atom. The largest absolute Gasteiger partial charge is 0.362 e. The van der Waals surface area contributed by atoms with E-state index >= 15 is 0 Å². The van der Waals surface area contributed by atoms with Gasteiger partial charge in [-0.3, -0.25) is 5.41 Å². The predicted octanol–water partition coefficient (Wildman–Crippen LogP) is 4.25. The number of nitrogens with zero attached hydrogens (tertiary/aromatic N) is 3. The molecule has 0 aliphatic carbocycles. The van der Waals surface area contributed by atoms with Crippen molar-refractivity contribution in [2.24, 2.45) is 0 Å². The molecule has 3 heterocycles. The van der Waals surface area contributed by atoms with E-state index in [0.29, 0.717) is 28.7 Å². The van der Waals surface area contributed by atoms with E-state index in [4.69, 9.17) is 22.3 Å². The van der Waals surface area contributed by atoms with Gasteiger partial charge >= 0.3 is 0 Å². The van der Waals surface area contributed by atoms with Crippen LogP contribution in [0.1, 0.15) is 33.6 Å². The second kappa shape index (κ2) is 6.52. The molecule has 1 unspecified atom stereocenters. The Morgan fingerprint density at radius 2 is 2.23 bits per heavy atom. The molecule has 26 heavy (non-hydrogen) atoms. The molecule has 128 valence electrons. The summed E-state index contributed by atoms with van der Waals surface area (Å²) in [6.07, 6.45) is 2.34. The maximum Gasteiger partial charge on any atom is 0.129 e. The van der Waals surface area contributed by atoms with Gasteiger partial charge in [0.25, 0.3) is 0 Å². The van der Waals surface area contributed by atoms with E-state index in [0.717, 1.165) is 26.6 Å². The van der Waals surface area contributed by atoms with Crippen molar-refractivity contribution in [3.8, 4) is 16.5 Å². The number of nitrogens with one attached hydrogen (secondary N) is 2. The topological polar surface area (TPSA) is 85.5 Å². The molecule has 0 radical (unpaired) electrons. The minimum atomic E-state index is -0.102. The average molecular weight is 380 g/mol. The third-order valence-electron chi connectivity index (χ3n) is 4.28. The van der Waals surface area contributed by atoms with Gasteiger partial charge < -0.3 is 5.32 Å². The summed E-state index contributed by atoms with van der Waals surface area (Å²) in [6.45, 7) is 1.85. The predicted molar refractivity (Wildman–Crippen MR) is 103 cm³/mol. The van der Waals surface area contributed by atoms with Gasteiger partial charge in [-0.15, -0.1) is 11.3 Å². The van der Waals surface area contributed by atoms with Crippen molar-refractivity contribution in [1.82, 2.24) is 15.3 Å². The number of aryl methyl sites for hydroxylation is 1. The fourth-order valence-corrected chi connectivity index (χ4v) is 4.56. The Labute approximate surface area is 159 Å². The molecule has 1 atom stereocenters. The maximum atomic E-state index is 9.10. The van der Waals surface area contributed by atoms with Crippen molar-refractivity contribution in [2.75, 3.05) is 0 Å². The van der Waals surface area contributed by atoms with Crippen LogP contribution in [-0.4, -0.2) is 15.8 Å². The van der Waals surface area contributed by atoms with E-state index in [9.17, 15) is 0 Å². The number of amidine groups is 1. The summed E-state index contributed by atoms with van der Waals surface area (Å²) in [5.74, 6) is 1.01. The lowest BCUT2D eigenvalue weighted by atomic mass is 10.00. The lowest BCUT2D eigenvalue weighted by molar-refractivity contribution is 0.619. The Kier molecular flexibility index (Phi) is 4.19. The number of hydrogen-bond donors (Lipinski definition) is 2. The van der Waals surface area contributed by atoms with Crippen molar-refractivity contribution >= 4 is 28.8 Å². The van der Waals surface area contributed by atoms with Crippen molar-refractivity contribution < 1.29 is 0 Å². The molecule has 2 aromatic heterocycles. The van der Waals surface area contributed by atoms with Crippen LogP contribution >= 0.6 is 22.9 Å². The molecule has 2 N–H and O–H groups in total. The number of halogens is 1. The first-order valence-corrected chi connectivity index (χ1v) is 9.22. The molecule has 0 saturated heterocycles. The molecule has 1 aliphatic heterocycles. The standard InChI is InChI=1S/C19H14ClN5S/c1-10-23-9-13-15(24-10)7-16(25-19(13)22)18-14(20)6-17(26-18)12-4-2-3-11(5-12)8-21/h2-6,9,16H,7H2,1H3,(H2,22,25). The van der Waals surface area contributed by atoms with Gasteiger partial charge in [-0.25, -0.2) is 9.97 Å². The SMILES string of the molecule is Cc1ncc2c(n1)CC(c1sc(-c3cccc(C#N)c3)cc1Cl)NC2=N.